The van der Waals surface area contributed by atoms with Crippen molar-refractivity contribution >= 4 is 23.4 Å². The Labute approximate surface area is 154 Å². The second kappa shape index (κ2) is 7.17. The molecule has 0 aliphatic rings. The summed E-state index contributed by atoms with van der Waals surface area (Å²) in [7, 11) is 0. The number of benzene rings is 2. The van der Waals surface area contributed by atoms with Crippen molar-refractivity contribution in [1.82, 2.24) is 15.2 Å². The van der Waals surface area contributed by atoms with Gasteiger partial charge in [0, 0.05) is 11.2 Å². The lowest BCUT2D eigenvalue weighted by Gasteiger charge is -2.15. The molecule has 0 saturated carbocycles. The van der Waals surface area contributed by atoms with Crippen molar-refractivity contribution in [3.05, 3.63) is 89.1 Å². The Morgan fingerprint density at radius 2 is 1.64 bits per heavy atom. The molecule has 2 heterocycles. The summed E-state index contributed by atoms with van der Waals surface area (Å²) in [6, 6.07) is 21.9. The summed E-state index contributed by atoms with van der Waals surface area (Å²) in [6.07, 6.45) is 1.83. The van der Waals surface area contributed by atoms with E-state index < -0.39 is 0 Å². The van der Waals surface area contributed by atoms with Crippen LogP contribution in [0.5, 0.6) is 0 Å². The predicted octanol–water partition coefficient (Wildman–Crippen LogP) is 5.60. The predicted molar refractivity (Wildman–Crippen MR) is 99.7 cm³/mol. The van der Waals surface area contributed by atoms with Gasteiger partial charge < -0.3 is 9.40 Å². The fourth-order valence-corrected chi connectivity index (χ4v) is 3.65. The van der Waals surface area contributed by atoms with Crippen LogP contribution in [0.1, 0.15) is 16.4 Å². The zero-order chi connectivity index (χ0) is 17.1. The molecule has 2 aromatic heterocycles. The summed E-state index contributed by atoms with van der Waals surface area (Å²) in [4.78, 5) is 3.07. The molecule has 4 nitrogen and oxygen atoms in total. The largest absolute Gasteiger partial charge is 0.410 e. The third kappa shape index (κ3) is 3.62. The summed E-state index contributed by atoms with van der Waals surface area (Å²) in [5, 5.41) is 9.58. The van der Waals surface area contributed by atoms with E-state index in [4.69, 9.17) is 16.0 Å². The van der Waals surface area contributed by atoms with Gasteiger partial charge in [0.2, 0.25) is 0 Å². The fraction of sp³-hybridized carbons (Fsp3) is 0.0526. The van der Waals surface area contributed by atoms with E-state index in [0.29, 0.717) is 16.1 Å². The molecular formula is C19H14ClN3OS. The van der Waals surface area contributed by atoms with Crippen LogP contribution in [0, 0.1) is 0 Å². The molecule has 4 aromatic rings. The maximum Gasteiger partial charge on any atom is 0.277 e. The summed E-state index contributed by atoms with van der Waals surface area (Å²) in [6.45, 7) is 0. The molecule has 4 rings (SSSR count). The third-order valence-electron chi connectivity index (χ3n) is 3.73. The number of thioether (sulfide) groups is 1. The minimum Gasteiger partial charge on any atom is -0.410 e. The molecule has 0 saturated heterocycles. The van der Waals surface area contributed by atoms with Crippen LogP contribution in [0.15, 0.2) is 82.6 Å². The molecule has 0 aliphatic heterocycles. The molecule has 0 aliphatic carbocycles. The van der Waals surface area contributed by atoms with Gasteiger partial charge in [-0.1, -0.05) is 65.8 Å². The van der Waals surface area contributed by atoms with Crippen molar-refractivity contribution in [2.75, 3.05) is 0 Å². The number of aromatic amines is 1. The Morgan fingerprint density at radius 1 is 0.880 bits per heavy atom. The first-order valence-corrected chi connectivity index (χ1v) is 9.00. The number of nitrogens with zero attached hydrogens (tertiary/aromatic N) is 2. The number of aromatic nitrogens is 3. The van der Waals surface area contributed by atoms with E-state index >= 15 is 0 Å². The van der Waals surface area contributed by atoms with Gasteiger partial charge in [-0.05, 0) is 35.4 Å². The second-order valence-electron chi connectivity index (χ2n) is 5.42. The first-order valence-electron chi connectivity index (χ1n) is 7.74. The van der Waals surface area contributed by atoms with Crippen molar-refractivity contribution in [3.8, 4) is 11.6 Å². The molecule has 2 aromatic carbocycles. The van der Waals surface area contributed by atoms with Gasteiger partial charge in [-0.2, -0.15) is 0 Å². The highest BCUT2D eigenvalue weighted by Crippen LogP contribution is 2.40. The number of H-pyrrole nitrogens is 1. The Morgan fingerprint density at radius 3 is 2.36 bits per heavy atom. The van der Waals surface area contributed by atoms with Crippen LogP contribution in [-0.4, -0.2) is 15.2 Å². The van der Waals surface area contributed by atoms with Gasteiger partial charge in [-0.3, -0.25) is 0 Å². The van der Waals surface area contributed by atoms with E-state index in [1.807, 2.05) is 60.8 Å². The van der Waals surface area contributed by atoms with Crippen molar-refractivity contribution in [2.45, 2.75) is 10.5 Å². The van der Waals surface area contributed by atoms with E-state index in [9.17, 15) is 0 Å². The lowest BCUT2D eigenvalue weighted by Crippen LogP contribution is -1.96. The Balaban J connectivity index is 1.66. The molecule has 0 amide bonds. The first kappa shape index (κ1) is 16.0. The van der Waals surface area contributed by atoms with E-state index in [1.54, 1.807) is 0 Å². The smallest absolute Gasteiger partial charge is 0.277 e. The Hall–Kier alpha value is -2.50. The van der Waals surface area contributed by atoms with Crippen LogP contribution in [0.4, 0.5) is 0 Å². The topological polar surface area (TPSA) is 54.7 Å². The zero-order valence-electron chi connectivity index (χ0n) is 13.1. The molecule has 1 unspecified atom stereocenters. The van der Waals surface area contributed by atoms with Crippen LogP contribution < -0.4 is 0 Å². The number of hydrogen-bond acceptors (Lipinski definition) is 4. The second-order valence-corrected chi connectivity index (χ2v) is 6.91. The highest BCUT2D eigenvalue weighted by molar-refractivity contribution is 7.99. The summed E-state index contributed by atoms with van der Waals surface area (Å²) in [5.74, 6) is 0.482. The SMILES string of the molecule is Clc1ccc(C(Sc2nnc(-c3ccc[nH]3)o2)c2ccccc2)cc1. The van der Waals surface area contributed by atoms with Gasteiger partial charge in [0.25, 0.3) is 11.1 Å². The fourth-order valence-electron chi connectivity index (χ4n) is 2.52. The highest BCUT2D eigenvalue weighted by atomic mass is 35.5. The Kier molecular flexibility index (Phi) is 4.59. The molecule has 1 N–H and O–H groups in total. The number of halogens is 1. The van der Waals surface area contributed by atoms with Crippen LogP contribution >= 0.6 is 23.4 Å². The lowest BCUT2D eigenvalue weighted by atomic mass is 10.0. The van der Waals surface area contributed by atoms with Gasteiger partial charge in [0.15, 0.2) is 0 Å². The molecule has 6 heteroatoms. The molecule has 0 fully saturated rings. The van der Waals surface area contributed by atoms with Gasteiger partial charge in [0.1, 0.15) is 5.69 Å². The van der Waals surface area contributed by atoms with Crippen LogP contribution in [0.2, 0.25) is 5.02 Å². The lowest BCUT2D eigenvalue weighted by molar-refractivity contribution is 0.464. The van der Waals surface area contributed by atoms with Gasteiger partial charge in [0.05, 0.1) is 5.25 Å². The maximum atomic E-state index is 6.03. The van der Waals surface area contributed by atoms with E-state index in [2.05, 4.69) is 27.3 Å². The number of nitrogens with one attached hydrogen (secondary N) is 1. The van der Waals surface area contributed by atoms with E-state index in [0.717, 1.165) is 16.8 Å². The standard InChI is InChI=1S/C19H14ClN3OS/c20-15-10-8-14(9-11-15)17(13-5-2-1-3-6-13)25-19-23-22-18(24-19)16-7-4-12-21-16/h1-12,17,21H. The number of hydrogen-bond donors (Lipinski definition) is 1. The summed E-state index contributed by atoms with van der Waals surface area (Å²) in [5.41, 5.74) is 3.09. The molecule has 0 radical (unpaired) electrons. The van der Waals surface area contributed by atoms with Crippen molar-refractivity contribution < 1.29 is 4.42 Å². The molecule has 0 spiro atoms. The summed E-state index contributed by atoms with van der Waals surface area (Å²) >= 11 is 7.55. The molecule has 25 heavy (non-hydrogen) atoms. The average Bonchev–Trinajstić information content (AvgIpc) is 3.33. The Bertz CT molecular complexity index is 936. The van der Waals surface area contributed by atoms with E-state index in [1.165, 1.54) is 11.8 Å². The van der Waals surface area contributed by atoms with E-state index in [-0.39, 0.29) is 5.25 Å². The monoisotopic (exact) mass is 367 g/mol. The minimum atomic E-state index is 0.0374. The quantitative estimate of drug-likeness (QED) is 0.466. The molecule has 1 atom stereocenters. The number of rotatable bonds is 5. The molecule has 124 valence electrons. The first-order chi connectivity index (χ1) is 12.3. The van der Waals surface area contributed by atoms with Crippen LogP contribution in [-0.2, 0) is 0 Å². The average molecular weight is 368 g/mol. The van der Waals surface area contributed by atoms with Gasteiger partial charge in [-0.25, -0.2) is 0 Å². The zero-order valence-corrected chi connectivity index (χ0v) is 14.7. The molecular weight excluding hydrogens is 354 g/mol. The van der Waals surface area contributed by atoms with Crippen LogP contribution in [0.3, 0.4) is 0 Å². The third-order valence-corrected chi connectivity index (χ3v) is 5.13. The molecule has 0 bridgehead atoms. The summed E-state index contributed by atoms with van der Waals surface area (Å²) < 4.78 is 5.81. The van der Waals surface area contributed by atoms with Crippen LogP contribution in [0.25, 0.3) is 11.6 Å². The van der Waals surface area contributed by atoms with Crippen molar-refractivity contribution in [3.63, 3.8) is 0 Å². The maximum absolute atomic E-state index is 6.03. The highest BCUT2D eigenvalue weighted by Gasteiger charge is 2.20. The van der Waals surface area contributed by atoms with Crippen molar-refractivity contribution in [1.29, 1.82) is 0 Å². The van der Waals surface area contributed by atoms with Gasteiger partial charge in [-0.15, -0.1) is 10.2 Å². The van der Waals surface area contributed by atoms with Gasteiger partial charge >= 0.3 is 0 Å². The normalized spacial score (nSPS) is 12.2. The van der Waals surface area contributed by atoms with Crippen molar-refractivity contribution in [2.24, 2.45) is 0 Å². The minimum absolute atomic E-state index is 0.0374.